The molecule has 2 heterocycles. The van der Waals surface area contributed by atoms with Gasteiger partial charge in [0.05, 0.1) is 18.1 Å². The van der Waals surface area contributed by atoms with Crippen LogP contribution in [0.5, 0.6) is 5.75 Å². The average molecular weight is 358 g/mol. The molecule has 0 fully saturated rings. The van der Waals surface area contributed by atoms with Crippen molar-refractivity contribution >= 4 is 28.4 Å². The quantitative estimate of drug-likeness (QED) is 0.513. The second-order valence-corrected chi connectivity index (χ2v) is 5.86. The van der Waals surface area contributed by atoms with Crippen molar-refractivity contribution in [1.82, 2.24) is 24.9 Å². The van der Waals surface area contributed by atoms with Gasteiger partial charge in [0.25, 0.3) is 0 Å². The summed E-state index contributed by atoms with van der Waals surface area (Å²) in [5.74, 6) is 1.82. The maximum Gasteiger partial charge on any atom is 0.245 e. The number of carbonyl (C=O) groups excluding carboxylic acids is 1. The molecule has 0 atom stereocenters. The van der Waals surface area contributed by atoms with Crippen molar-refractivity contribution in [2.75, 3.05) is 32.1 Å². The minimum atomic E-state index is -0.479. The number of carbonyl (C=O) groups is 1. The monoisotopic (exact) mass is 358 g/mol. The number of nitrogens with zero attached hydrogens (tertiary/aromatic N) is 4. The molecule has 26 heavy (non-hydrogen) atoms. The molecule has 9 nitrogen and oxygen atoms in total. The van der Waals surface area contributed by atoms with Gasteiger partial charge in [-0.05, 0) is 31.9 Å². The number of anilines is 1. The van der Waals surface area contributed by atoms with Crippen LogP contribution in [0.3, 0.4) is 0 Å². The second-order valence-electron chi connectivity index (χ2n) is 5.86. The van der Waals surface area contributed by atoms with E-state index in [9.17, 15) is 4.79 Å². The van der Waals surface area contributed by atoms with Crippen LogP contribution in [-0.4, -0.2) is 57.4 Å². The summed E-state index contributed by atoms with van der Waals surface area (Å²) in [6, 6.07) is 5.71. The number of aliphatic hydroxyl groups is 1. The highest BCUT2D eigenvalue weighted by Crippen LogP contribution is 2.24. The summed E-state index contributed by atoms with van der Waals surface area (Å²) in [6.45, 7) is 2.63. The molecule has 0 aliphatic heterocycles. The summed E-state index contributed by atoms with van der Waals surface area (Å²) in [7, 11) is 1.62. The SMILES string of the molecule is COc1ccc2c(c1)nc(NCCCCNC(=O)CO)c1nnc(C)n12. The predicted molar refractivity (Wildman–Crippen MR) is 97.4 cm³/mol. The smallest absolute Gasteiger partial charge is 0.245 e. The Balaban J connectivity index is 1.75. The van der Waals surface area contributed by atoms with Crippen LogP contribution in [0, 0.1) is 6.92 Å². The highest BCUT2D eigenvalue weighted by atomic mass is 16.5. The first-order chi connectivity index (χ1) is 12.6. The molecule has 0 saturated heterocycles. The molecule has 3 rings (SSSR count). The number of unbranched alkanes of at least 4 members (excludes halogenated alkanes) is 1. The van der Waals surface area contributed by atoms with E-state index >= 15 is 0 Å². The van der Waals surface area contributed by atoms with Crippen LogP contribution in [0.25, 0.3) is 16.7 Å². The van der Waals surface area contributed by atoms with Crippen molar-refractivity contribution in [1.29, 1.82) is 0 Å². The first kappa shape index (κ1) is 17.9. The molecule has 0 spiro atoms. The number of ether oxygens (including phenoxy) is 1. The zero-order valence-electron chi connectivity index (χ0n) is 14.8. The van der Waals surface area contributed by atoms with Crippen LogP contribution in [0.2, 0.25) is 0 Å². The van der Waals surface area contributed by atoms with Gasteiger partial charge < -0.3 is 20.5 Å². The van der Waals surface area contributed by atoms with Crippen molar-refractivity contribution < 1.29 is 14.6 Å². The Morgan fingerprint density at radius 3 is 2.85 bits per heavy atom. The zero-order chi connectivity index (χ0) is 18.5. The third-order valence-electron chi connectivity index (χ3n) is 4.05. The van der Waals surface area contributed by atoms with E-state index < -0.39 is 6.61 Å². The minimum Gasteiger partial charge on any atom is -0.497 e. The molecule has 138 valence electrons. The van der Waals surface area contributed by atoms with Crippen LogP contribution in [-0.2, 0) is 4.79 Å². The number of benzene rings is 1. The van der Waals surface area contributed by atoms with Crippen molar-refractivity contribution in [2.24, 2.45) is 0 Å². The molecule has 0 saturated carbocycles. The molecule has 0 aliphatic carbocycles. The molecule has 9 heteroatoms. The van der Waals surface area contributed by atoms with Gasteiger partial charge in [-0.1, -0.05) is 0 Å². The highest BCUT2D eigenvalue weighted by Gasteiger charge is 2.13. The van der Waals surface area contributed by atoms with Crippen LogP contribution in [0.4, 0.5) is 5.82 Å². The molecule has 0 aliphatic rings. The normalized spacial score (nSPS) is 11.0. The van der Waals surface area contributed by atoms with Crippen LogP contribution < -0.4 is 15.4 Å². The maximum atomic E-state index is 11.0. The zero-order valence-corrected chi connectivity index (χ0v) is 14.8. The summed E-state index contributed by atoms with van der Waals surface area (Å²) >= 11 is 0. The Morgan fingerprint density at radius 1 is 1.27 bits per heavy atom. The van der Waals surface area contributed by atoms with E-state index in [4.69, 9.17) is 9.84 Å². The molecule has 0 unspecified atom stereocenters. The van der Waals surface area contributed by atoms with E-state index in [0.717, 1.165) is 35.4 Å². The summed E-state index contributed by atoms with van der Waals surface area (Å²) in [5, 5.41) is 23.0. The molecule has 2 aromatic heterocycles. The first-order valence-corrected chi connectivity index (χ1v) is 8.45. The van der Waals surface area contributed by atoms with Gasteiger partial charge in [0.1, 0.15) is 18.2 Å². The lowest BCUT2D eigenvalue weighted by atomic mass is 10.2. The molecule has 0 radical (unpaired) electrons. The fourth-order valence-electron chi connectivity index (χ4n) is 2.74. The van der Waals surface area contributed by atoms with E-state index in [1.54, 1.807) is 7.11 Å². The van der Waals surface area contributed by atoms with Crippen LogP contribution in [0.15, 0.2) is 18.2 Å². The Bertz CT molecular complexity index is 924. The Labute approximate surface area is 150 Å². The molecular weight excluding hydrogens is 336 g/mol. The van der Waals surface area contributed by atoms with Crippen LogP contribution in [0.1, 0.15) is 18.7 Å². The number of methoxy groups -OCH3 is 1. The van der Waals surface area contributed by atoms with Crippen molar-refractivity contribution in [3.8, 4) is 5.75 Å². The van der Waals surface area contributed by atoms with Gasteiger partial charge >= 0.3 is 0 Å². The predicted octanol–water partition coefficient (Wildman–Crippen LogP) is 0.895. The molecule has 3 N–H and O–H groups in total. The molecule has 0 bridgehead atoms. The third-order valence-corrected chi connectivity index (χ3v) is 4.05. The molecule has 3 aromatic rings. The lowest BCUT2D eigenvalue weighted by Crippen LogP contribution is -2.27. The lowest BCUT2D eigenvalue weighted by molar-refractivity contribution is -0.123. The lowest BCUT2D eigenvalue weighted by Gasteiger charge is -2.10. The number of aliphatic hydroxyl groups excluding tert-OH is 1. The number of fused-ring (bicyclic) bond motifs is 3. The molecular formula is C17H22N6O3. The summed E-state index contributed by atoms with van der Waals surface area (Å²) in [5.41, 5.74) is 2.38. The number of aromatic nitrogens is 4. The number of hydrogen-bond acceptors (Lipinski definition) is 7. The standard InChI is InChI=1S/C17H22N6O3/c1-11-21-22-17-16(19-8-4-3-7-18-15(25)10-24)20-13-9-12(26-2)5-6-14(13)23(11)17/h5-6,9,24H,3-4,7-8,10H2,1-2H3,(H,18,25)(H,19,20). The summed E-state index contributed by atoms with van der Waals surface area (Å²) in [6.07, 6.45) is 1.63. The summed E-state index contributed by atoms with van der Waals surface area (Å²) < 4.78 is 7.25. The Morgan fingerprint density at radius 2 is 2.08 bits per heavy atom. The van der Waals surface area contributed by atoms with Gasteiger partial charge in [-0.3, -0.25) is 9.20 Å². The Hall–Kier alpha value is -2.94. The maximum absolute atomic E-state index is 11.0. The van der Waals surface area contributed by atoms with Gasteiger partial charge in [0.2, 0.25) is 11.6 Å². The van der Waals surface area contributed by atoms with Gasteiger partial charge in [-0.25, -0.2) is 4.98 Å². The minimum absolute atomic E-state index is 0.358. The number of rotatable bonds is 8. The third kappa shape index (κ3) is 3.67. The van der Waals surface area contributed by atoms with E-state index in [1.165, 1.54) is 0 Å². The fourth-order valence-corrected chi connectivity index (χ4v) is 2.74. The number of amides is 1. The van der Waals surface area contributed by atoms with Crippen molar-refractivity contribution in [3.63, 3.8) is 0 Å². The molecule has 1 amide bonds. The van der Waals surface area contributed by atoms with Crippen LogP contribution >= 0.6 is 0 Å². The van der Waals surface area contributed by atoms with E-state index in [-0.39, 0.29) is 5.91 Å². The second kappa shape index (κ2) is 7.96. The van der Waals surface area contributed by atoms with Gasteiger partial charge in [0, 0.05) is 19.2 Å². The van der Waals surface area contributed by atoms with E-state index in [0.29, 0.717) is 24.6 Å². The van der Waals surface area contributed by atoms with E-state index in [1.807, 2.05) is 29.5 Å². The number of hydrogen-bond donors (Lipinski definition) is 3. The van der Waals surface area contributed by atoms with Gasteiger partial charge in [-0.15, -0.1) is 10.2 Å². The van der Waals surface area contributed by atoms with Crippen molar-refractivity contribution in [2.45, 2.75) is 19.8 Å². The van der Waals surface area contributed by atoms with Gasteiger partial charge in [-0.2, -0.15) is 0 Å². The topological polar surface area (TPSA) is 114 Å². The van der Waals surface area contributed by atoms with Crippen molar-refractivity contribution in [3.05, 3.63) is 24.0 Å². The first-order valence-electron chi connectivity index (χ1n) is 8.45. The Kier molecular flexibility index (Phi) is 5.47. The largest absolute Gasteiger partial charge is 0.497 e. The summed E-state index contributed by atoms with van der Waals surface area (Å²) in [4.78, 5) is 15.6. The fraction of sp³-hybridized carbons (Fsp3) is 0.412. The number of nitrogens with one attached hydrogen (secondary N) is 2. The highest BCUT2D eigenvalue weighted by molar-refractivity contribution is 5.84. The number of aryl methyl sites for hydroxylation is 1. The van der Waals surface area contributed by atoms with Gasteiger partial charge in [0.15, 0.2) is 5.82 Å². The van der Waals surface area contributed by atoms with E-state index in [2.05, 4.69) is 25.8 Å². The molecule has 1 aromatic carbocycles. The average Bonchev–Trinajstić information content (AvgIpc) is 3.05.